The van der Waals surface area contributed by atoms with Gasteiger partial charge in [0.05, 0.1) is 35.2 Å². The van der Waals surface area contributed by atoms with Gasteiger partial charge in [-0.15, -0.1) is 0 Å². The zero-order valence-corrected chi connectivity index (χ0v) is 11.7. The molecule has 0 radical (unpaired) electrons. The fraction of sp³-hybridized carbons (Fsp3) is 0.312. The lowest BCUT2D eigenvalue weighted by Crippen LogP contribution is -2.38. The molecule has 0 spiro atoms. The highest BCUT2D eigenvalue weighted by molar-refractivity contribution is 6.23. The molecule has 4 rings (SSSR count). The Kier molecular flexibility index (Phi) is 2.43. The number of rotatable bonds is 2. The lowest BCUT2D eigenvalue weighted by atomic mass is 9.78. The Hall–Kier alpha value is -2.47. The number of carbonyl (C=O) groups is 3. The fourth-order valence-electron chi connectivity index (χ4n) is 3.68. The summed E-state index contributed by atoms with van der Waals surface area (Å²) in [6.07, 6.45) is 3.25. The number of amides is 2. The van der Waals surface area contributed by atoms with Crippen LogP contribution in [0.3, 0.4) is 0 Å². The van der Waals surface area contributed by atoms with Gasteiger partial charge in [0.2, 0.25) is 11.8 Å². The summed E-state index contributed by atoms with van der Waals surface area (Å²) < 4.78 is 5.73. The van der Waals surface area contributed by atoms with Crippen LogP contribution in [0.25, 0.3) is 0 Å². The molecule has 112 valence electrons. The summed E-state index contributed by atoms with van der Waals surface area (Å²) in [5.41, 5.74) is -0.573. The zero-order valence-electron chi connectivity index (χ0n) is 11.7. The highest BCUT2D eigenvalue weighted by Gasteiger charge is 2.66. The summed E-state index contributed by atoms with van der Waals surface area (Å²) in [4.78, 5) is 37.4. The number of fused-ring (bicyclic) bond motifs is 5. The smallest absolute Gasteiger partial charge is 0.241 e. The van der Waals surface area contributed by atoms with Crippen LogP contribution in [0.2, 0.25) is 0 Å². The maximum Gasteiger partial charge on any atom is 0.241 e. The Bertz CT molecular complexity index is 755. The van der Waals surface area contributed by atoms with E-state index in [9.17, 15) is 19.5 Å². The molecule has 0 unspecified atom stereocenters. The van der Waals surface area contributed by atoms with Crippen LogP contribution in [0, 0.1) is 11.8 Å². The molecule has 1 aromatic rings. The molecule has 2 amide bonds. The number of carboxylic acid groups (broad SMARTS) is 1. The van der Waals surface area contributed by atoms with Crippen molar-refractivity contribution >= 4 is 23.5 Å². The second-order valence-corrected chi connectivity index (χ2v) is 5.98. The first-order valence-corrected chi connectivity index (χ1v) is 6.99. The molecule has 3 aliphatic heterocycles. The standard InChI is InChI=1S/C16H13NO5/c1-16-6-5-10(22-16)11-12(16)14(19)17(13(11)18)9-4-2-3-8(7-9)15(20)21/h2-7,10-12H,1H3,(H,20,21)/p-1/t10-,11-,12+,16+/m0/s1. The fourth-order valence-corrected chi connectivity index (χ4v) is 3.68. The molecule has 0 N–H and O–H groups in total. The molecular formula is C16H12NO5-. The predicted molar refractivity (Wildman–Crippen MR) is 72.7 cm³/mol. The van der Waals surface area contributed by atoms with Gasteiger partial charge < -0.3 is 14.6 Å². The Morgan fingerprint density at radius 2 is 2.09 bits per heavy atom. The summed E-state index contributed by atoms with van der Waals surface area (Å²) in [5.74, 6) is -3.13. The highest BCUT2D eigenvalue weighted by atomic mass is 16.5. The molecule has 6 heteroatoms. The molecular weight excluding hydrogens is 286 g/mol. The van der Waals surface area contributed by atoms with E-state index in [0.29, 0.717) is 0 Å². The number of imide groups is 1. The van der Waals surface area contributed by atoms with E-state index < -0.39 is 23.4 Å². The number of ether oxygens (including phenoxy) is 1. The molecule has 2 fully saturated rings. The lowest BCUT2D eigenvalue weighted by molar-refractivity contribution is -0.255. The van der Waals surface area contributed by atoms with Crippen LogP contribution in [0.15, 0.2) is 36.4 Å². The van der Waals surface area contributed by atoms with E-state index in [1.165, 1.54) is 18.2 Å². The molecule has 0 saturated carbocycles. The Morgan fingerprint density at radius 3 is 2.77 bits per heavy atom. The van der Waals surface area contributed by atoms with Gasteiger partial charge in [-0.05, 0) is 24.6 Å². The van der Waals surface area contributed by atoms with Gasteiger partial charge in [-0.2, -0.15) is 0 Å². The maximum atomic E-state index is 12.7. The molecule has 0 aromatic heterocycles. The molecule has 3 heterocycles. The van der Waals surface area contributed by atoms with Gasteiger partial charge in [0.25, 0.3) is 0 Å². The largest absolute Gasteiger partial charge is 0.545 e. The number of carboxylic acids is 1. The van der Waals surface area contributed by atoms with Crippen molar-refractivity contribution in [2.75, 3.05) is 4.90 Å². The van der Waals surface area contributed by atoms with E-state index in [4.69, 9.17) is 4.74 Å². The Labute approximate surface area is 126 Å². The van der Waals surface area contributed by atoms with Crippen molar-refractivity contribution in [3.8, 4) is 0 Å². The first kappa shape index (κ1) is 13.2. The minimum Gasteiger partial charge on any atom is -0.545 e. The summed E-state index contributed by atoms with van der Waals surface area (Å²) in [6, 6.07) is 5.67. The van der Waals surface area contributed by atoms with Crippen LogP contribution in [0.1, 0.15) is 17.3 Å². The maximum absolute atomic E-state index is 12.7. The SMILES string of the molecule is C[C@]12C=C[C@H](O1)[C@@H]1C(=O)N(c3cccc(C(=O)[O-])c3)C(=O)[C@@H]12. The number of benzene rings is 1. The van der Waals surface area contributed by atoms with Crippen LogP contribution >= 0.6 is 0 Å². The first-order valence-electron chi connectivity index (χ1n) is 6.99. The van der Waals surface area contributed by atoms with Crippen LogP contribution in [0.5, 0.6) is 0 Å². The zero-order chi connectivity index (χ0) is 15.6. The van der Waals surface area contributed by atoms with Crippen molar-refractivity contribution in [2.24, 2.45) is 11.8 Å². The lowest BCUT2D eigenvalue weighted by Gasteiger charge is -2.24. The average molecular weight is 298 g/mol. The summed E-state index contributed by atoms with van der Waals surface area (Å²) in [5, 5.41) is 11.0. The number of hydrogen-bond donors (Lipinski definition) is 0. The third-order valence-corrected chi connectivity index (χ3v) is 4.67. The molecule has 1 aromatic carbocycles. The Balaban J connectivity index is 1.77. The Morgan fingerprint density at radius 1 is 1.32 bits per heavy atom. The second kappa shape index (κ2) is 4.04. The third kappa shape index (κ3) is 1.50. The van der Waals surface area contributed by atoms with Gasteiger partial charge in [0.15, 0.2) is 0 Å². The van der Waals surface area contributed by atoms with Crippen LogP contribution in [0.4, 0.5) is 5.69 Å². The quantitative estimate of drug-likeness (QED) is 0.561. The number of aromatic carboxylic acids is 1. The van der Waals surface area contributed by atoms with Crippen molar-refractivity contribution in [1.29, 1.82) is 0 Å². The normalized spacial score (nSPS) is 35.3. The van der Waals surface area contributed by atoms with Crippen LogP contribution in [-0.4, -0.2) is 29.5 Å². The number of anilines is 1. The molecule has 22 heavy (non-hydrogen) atoms. The van der Waals surface area contributed by atoms with E-state index in [2.05, 4.69) is 0 Å². The second-order valence-electron chi connectivity index (χ2n) is 5.98. The van der Waals surface area contributed by atoms with Crippen LogP contribution < -0.4 is 10.0 Å². The molecule has 2 saturated heterocycles. The van der Waals surface area contributed by atoms with Gasteiger partial charge in [0, 0.05) is 0 Å². The van der Waals surface area contributed by atoms with Gasteiger partial charge in [-0.25, -0.2) is 4.90 Å². The number of carbonyl (C=O) groups excluding carboxylic acids is 3. The molecule has 6 nitrogen and oxygen atoms in total. The number of hydrogen-bond acceptors (Lipinski definition) is 5. The molecule has 2 bridgehead atoms. The molecule has 4 atom stereocenters. The van der Waals surface area contributed by atoms with E-state index in [1.807, 2.05) is 12.2 Å². The van der Waals surface area contributed by atoms with Crippen molar-refractivity contribution in [3.63, 3.8) is 0 Å². The van der Waals surface area contributed by atoms with Gasteiger partial charge in [-0.3, -0.25) is 9.59 Å². The van der Waals surface area contributed by atoms with Crippen LogP contribution in [-0.2, 0) is 14.3 Å². The van der Waals surface area contributed by atoms with Crippen molar-refractivity contribution in [1.82, 2.24) is 0 Å². The molecule has 0 aliphatic carbocycles. The number of nitrogens with zero attached hydrogens (tertiary/aromatic N) is 1. The summed E-state index contributed by atoms with van der Waals surface area (Å²) in [6.45, 7) is 1.79. The average Bonchev–Trinajstić information content (AvgIpc) is 3.08. The van der Waals surface area contributed by atoms with Gasteiger partial charge in [0.1, 0.15) is 0 Å². The van der Waals surface area contributed by atoms with Crippen molar-refractivity contribution in [2.45, 2.75) is 18.6 Å². The molecule has 3 aliphatic rings. The summed E-state index contributed by atoms with van der Waals surface area (Å²) >= 11 is 0. The van der Waals surface area contributed by atoms with Crippen molar-refractivity contribution in [3.05, 3.63) is 42.0 Å². The third-order valence-electron chi connectivity index (χ3n) is 4.67. The minimum atomic E-state index is -1.35. The minimum absolute atomic E-state index is 0.0706. The van der Waals surface area contributed by atoms with Crippen molar-refractivity contribution < 1.29 is 24.2 Å². The topological polar surface area (TPSA) is 86.7 Å². The van der Waals surface area contributed by atoms with E-state index in [0.717, 1.165) is 4.90 Å². The van der Waals surface area contributed by atoms with E-state index in [1.54, 1.807) is 13.0 Å². The predicted octanol–water partition coefficient (Wildman–Crippen LogP) is -0.117. The highest BCUT2D eigenvalue weighted by Crippen LogP contribution is 2.52. The first-order chi connectivity index (χ1) is 10.4. The monoisotopic (exact) mass is 298 g/mol. The van der Waals surface area contributed by atoms with E-state index >= 15 is 0 Å². The van der Waals surface area contributed by atoms with Gasteiger partial charge in [-0.1, -0.05) is 24.3 Å². The van der Waals surface area contributed by atoms with E-state index in [-0.39, 0.29) is 29.2 Å². The summed E-state index contributed by atoms with van der Waals surface area (Å²) in [7, 11) is 0. The van der Waals surface area contributed by atoms with Gasteiger partial charge >= 0.3 is 0 Å².